The smallest absolute Gasteiger partial charge is 0.338 e. The number of aryl methyl sites for hydroxylation is 1. The van der Waals surface area contributed by atoms with Crippen LogP contribution in [0.25, 0.3) is 0 Å². The number of carbonyl (C=O) groups excluding carboxylic acids is 1. The van der Waals surface area contributed by atoms with Gasteiger partial charge in [-0.15, -0.1) is 0 Å². The van der Waals surface area contributed by atoms with E-state index < -0.39 is 48.7 Å². The Kier molecular flexibility index (Phi) is 7.23. The molecule has 1 aromatic heterocycles. The SMILES string of the molecule is CCOC(=O)C1=C(CN2CC(F)(F)C[C@H]2C(=O)O)NC(c2nccn2C)=NC1c1ccc(F)cc1Br. The van der Waals surface area contributed by atoms with E-state index in [4.69, 9.17) is 4.74 Å². The first-order valence-electron chi connectivity index (χ1n) is 11.0. The maximum Gasteiger partial charge on any atom is 0.338 e. The molecule has 2 atom stereocenters. The Bertz CT molecular complexity index is 1260. The Hall–Kier alpha value is -3.19. The lowest BCUT2D eigenvalue weighted by Crippen LogP contribution is -2.44. The van der Waals surface area contributed by atoms with Crippen molar-refractivity contribution in [3.8, 4) is 0 Å². The number of likely N-dealkylation sites (tertiary alicyclic amines) is 1. The van der Waals surface area contributed by atoms with Gasteiger partial charge in [-0.2, -0.15) is 0 Å². The van der Waals surface area contributed by atoms with Gasteiger partial charge in [0.15, 0.2) is 11.7 Å². The topological polar surface area (TPSA) is 109 Å². The molecule has 2 aromatic rings. The number of nitrogens with one attached hydrogen (secondary N) is 1. The number of carbonyl (C=O) groups is 2. The maximum atomic E-state index is 14.2. The molecular formula is C23H23BrF3N5O4. The number of imidazole rings is 1. The van der Waals surface area contributed by atoms with Crippen molar-refractivity contribution in [2.45, 2.75) is 31.4 Å². The molecule has 0 radical (unpaired) electrons. The Morgan fingerprint density at radius 1 is 1.36 bits per heavy atom. The van der Waals surface area contributed by atoms with E-state index in [0.29, 0.717) is 15.9 Å². The fourth-order valence-corrected chi connectivity index (χ4v) is 4.89. The number of ether oxygens (including phenoxy) is 1. The quantitative estimate of drug-likeness (QED) is 0.493. The highest BCUT2D eigenvalue weighted by molar-refractivity contribution is 9.10. The van der Waals surface area contributed by atoms with E-state index in [9.17, 15) is 27.9 Å². The highest BCUT2D eigenvalue weighted by Crippen LogP contribution is 2.38. The number of esters is 1. The van der Waals surface area contributed by atoms with Gasteiger partial charge in [-0.25, -0.2) is 22.9 Å². The molecule has 2 aliphatic heterocycles. The molecule has 13 heteroatoms. The van der Waals surface area contributed by atoms with Crippen LogP contribution in [-0.4, -0.2) is 69.0 Å². The number of benzene rings is 1. The molecule has 2 N–H and O–H groups in total. The molecule has 0 aliphatic carbocycles. The minimum Gasteiger partial charge on any atom is -0.480 e. The van der Waals surface area contributed by atoms with Crippen molar-refractivity contribution >= 4 is 33.7 Å². The Morgan fingerprint density at radius 3 is 2.72 bits per heavy atom. The third kappa shape index (κ3) is 5.16. The van der Waals surface area contributed by atoms with Gasteiger partial charge in [0.05, 0.1) is 18.7 Å². The summed E-state index contributed by atoms with van der Waals surface area (Å²) in [7, 11) is 1.72. The van der Waals surface area contributed by atoms with E-state index in [2.05, 4.69) is 31.2 Å². The zero-order chi connectivity index (χ0) is 26.2. The Labute approximate surface area is 212 Å². The minimum absolute atomic E-state index is 0.00136. The Balaban J connectivity index is 1.87. The number of rotatable bonds is 7. The second-order valence-corrected chi connectivity index (χ2v) is 9.32. The van der Waals surface area contributed by atoms with Crippen LogP contribution in [0, 0.1) is 5.82 Å². The summed E-state index contributed by atoms with van der Waals surface area (Å²) >= 11 is 3.32. The summed E-state index contributed by atoms with van der Waals surface area (Å²) in [6, 6.07) is 1.41. The number of hydrogen-bond donors (Lipinski definition) is 2. The van der Waals surface area contributed by atoms with E-state index in [1.165, 1.54) is 24.4 Å². The van der Waals surface area contributed by atoms with E-state index >= 15 is 0 Å². The number of aliphatic carboxylic acids is 1. The summed E-state index contributed by atoms with van der Waals surface area (Å²) in [5.74, 6) is -5.26. The van der Waals surface area contributed by atoms with Gasteiger partial charge < -0.3 is 19.7 Å². The molecule has 4 rings (SSSR count). The van der Waals surface area contributed by atoms with Gasteiger partial charge in [0.1, 0.15) is 17.9 Å². The molecule has 0 spiro atoms. The van der Waals surface area contributed by atoms with Gasteiger partial charge in [0.2, 0.25) is 0 Å². The van der Waals surface area contributed by atoms with E-state index in [-0.39, 0.29) is 30.3 Å². The highest BCUT2D eigenvalue weighted by atomic mass is 79.9. The van der Waals surface area contributed by atoms with Crippen molar-refractivity contribution in [1.29, 1.82) is 0 Å². The zero-order valence-corrected chi connectivity index (χ0v) is 20.9. The van der Waals surface area contributed by atoms with Gasteiger partial charge in [0, 0.05) is 42.6 Å². The molecular weight excluding hydrogens is 547 g/mol. The second kappa shape index (κ2) is 10.1. The standard InChI is InChI=1S/C23H23BrF3N5O4/c1-3-36-22(35)17-15(10-32-11-23(26,27)9-16(32)21(33)34)29-19(20-28-6-7-31(20)2)30-18(17)13-5-4-12(25)8-14(13)24/h4-8,16,18H,3,9-11H2,1-2H3,(H,29,30)(H,33,34)/t16-,18?/m0/s1. The Morgan fingerprint density at radius 2 is 2.11 bits per heavy atom. The number of alkyl halides is 2. The van der Waals surface area contributed by atoms with Crippen molar-refractivity contribution in [1.82, 2.24) is 19.8 Å². The number of amidine groups is 1. The van der Waals surface area contributed by atoms with Crippen molar-refractivity contribution in [3.05, 3.63) is 63.5 Å². The predicted octanol–water partition coefficient (Wildman–Crippen LogP) is 3.02. The van der Waals surface area contributed by atoms with Crippen molar-refractivity contribution in [2.75, 3.05) is 19.7 Å². The van der Waals surface area contributed by atoms with Gasteiger partial charge in [-0.1, -0.05) is 22.0 Å². The average Bonchev–Trinajstić information content (AvgIpc) is 3.35. The second-order valence-electron chi connectivity index (χ2n) is 8.46. The first kappa shape index (κ1) is 25.9. The molecule has 1 saturated heterocycles. The zero-order valence-electron chi connectivity index (χ0n) is 19.3. The van der Waals surface area contributed by atoms with Crippen LogP contribution in [0.5, 0.6) is 0 Å². The molecule has 1 fully saturated rings. The molecule has 0 bridgehead atoms. The van der Waals surface area contributed by atoms with Crippen LogP contribution < -0.4 is 5.32 Å². The molecule has 36 heavy (non-hydrogen) atoms. The number of aromatic nitrogens is 2. The van der Waals surface area contributed by atoms with Gasteiger partial charge >= 0.3 is 11.9 Å². The van der Waals surface area contributed by atoms with Crippen LogP contribution >= 0.6 is 15.9 Å². The molecule has 0 saturated carbocycles. The lowest BCUT2D eigenvalue weighted by molar-refractivity contribution is -0.142. The number of aliphatic imine (C=N–C) groups is 1. The lowest BCUT2D eigenvalue weighted by Gasteiger charge is -2.31. The summed E-state index contributed by atoms with van der Waals surface area (Å²) in [6.07, 6.45) is 2.36. The summed E-state index contributed by atoms with van der Waals surface area (Å²) in [5, 5.41) is 12.6. The molecule has 9 nitrogen and oxygen atoms in total. The fraction of sp³-hybridized carbons (Fsp3) is 0.391. The lowest BCUT2D eigenvalue weighted by atomic mass is 9.95. The number of nitrogens with zero attached hydrogens (tertiary/aromatic N) is 4. The normalized spacial score (nSPS) is 21.8. The maximum absolute atomic E-state index is 14.2. The minimum atomic E-state index is -3.21. The van der Waals surface area contributed by atoms with Gasteiger partial charge in [-0.3, -0.25) is 14.7 Å². The first-order chi connectivity index (χ1) is 17.0. The summed E-state index contributed by atoms with van der Waals surface area (Å²) in [5.41, 5.74) is 0.569. The van der Waals surface area contributed by atoms with Crippen LogP contribution in [0.3, 0.4) is 0 Å². The highest BCUT2D eigenvalue weighted by Gasteiger charge is 2.49. The van der Waals surface area contributed by atoms with Crippen LogP contribution in [0.15, 0.2) is 51.3 Å². The van der Waals surface area contributed by atoms with E-state index in [0.717, 1.165) is 4.90 Å². The fourth-order valence-electron chi connectivity index (χ4n) is 4.32. The van der Waals surface area contributed by atoms with Crippen molar-refractivity contribution < 1.29 is 32.6 Å². The van der Waals surface area contributed by atoms with Crippen LogP contribution in [0.1, 0.15) is 30.8 Å². The first-order valence-corrected chi connectivity index (χ1v) is 11.8. The molecule has 1 unspecified atom stereocenters. The molecule has 2 aliphatic rings. The van der Waals surface area contributed by atoms with Crippen LogP contribution in [0.4, 0.5) is 13.2 Å². The average molecular weight is 570 g/mol. The molecule has 3 heterocycles. The molecule has 192 valence electrons. The third-order valence-electron chi connectivity index (χ3n) is 5.92. The summed E-state index contributed by atoms with van der Waals surface area (Å²) in [4.78, 5) is 34.9. The van der Waals surface area contributed by atoms with Gasteiger partial charge in [0.25, 0.3) is 5.92 Å². The monoisotopic (exact) mass is 569 g/mol. The third-order valence-corrected chi connectivity index (χ3v) is 6.61. The summed E-state index contributed by atoms with van der Waals surface area (Å²) < 4.78 is 49.5. The van der Waals surface area contributed by atoms with E-state index in [1.54, 1.807) is 24.7 Å². The number of hydrogen-bond acceptors (Lipinski definition) is 7. The molecule has 0 amide bonds. The van der Waals surface area contributed by atoms with Crippen LogP contribution in [-0.2, 0) is 21.4 Å². The number of halogens is 4. The van der Waals surface area contributed by atoms with E-state index in [1.807, 2.05) is 0 Å². The van der Waals surface area contributed by atoms with Gasteiger partial charge in [-0.05, 0) is 24.6 Å². The summed E-state index contributed by atoms with van der Waals surface area (Å²) in [6.45, 7) is 0.522. The molecule has 1 aromatic carbocycles. The number of carboxylic acid groups (broad SMARTS) is 1. The van der Waals surface area contributed by atoms with Crippen molar-refractivity contribution in [2.24, 2.45) is 12.0 Å². The van der Waals surface area contributed by atoms with Crippen molar-refractivity contribution in [3.63, 3.8) is 0 Å². The predicted molar refractivity (Wildman–Crippen MR) is 126 cm³/mol. The van der Waals surface area contributed by atoms with Crippen LogP contribution in [0.2, 0.25) is 0 Å². The largest absolute Gasteiger partial charge is 0.480 e. The number of carboxylic acids is 1.